The molecule has 1 unspecified atom stereocenters. The minimum Gasteiger partial charge on any atom is -0.309 e. The van der Waals surface area contributed by atoms with Crippen LogP contribution in [0.15, 0.2) is 42.6 Å². The second kappa shape index (κ2) is 5.90. The molecule has 3 nitrogen and oxygen atoms in total. The lowest BCUT2D eigenvalue weighted by Crippen LogP contribution is -2.32. The second-order valence-electron chi connectivity index (χ2n) is 5.24. The molecule has 21 heavy (non-hydrogen) atoms. The largest absolute Gasteiger partial charge is 0.309 e. The van der Waals surface area contributed by atoms with Crippen molar-refractivity contribution in [1.29, 1.82) is 0 Å². The number of carbonyl (C=O) groups is 1. The van der Waals surface area contributed by atoms with Gasteiger partial charge in [-0.05, 0) is 30.4 Å². The highest BCUT2D eigenvalue weighted by Gasteiger charge is 2.31. The maximum atomic E-state index is 12.9. The lowest BCUT2D eigenvalue weighted by Gasteiger charge is -2.23. The van der Waals surface area contributed by atoms with E-state index >= 15 is 0 Å². The molecular formula is C17H18N2OS. The summed E-state index contributed by atoms with van der Waals surface area (Å²) in [5.74, 6) is 0.153. The molecule has 2 heterocycles. The van der Waals surface area contributed by atoms with Crippen molar-refractivity contribution in [3.8, 4) is 0 Å². The molecule has 4 heteroatoms. The maximum absolute atomic E-state index is 12.9. The molecule has 0 saturated carbocycles. The molecule has 0 fully saturated rings. The molecule has 1 atom stereocenters. The highest BCUT2D eigenvalue weighted by atomic mass is 32.2. The number of anilines is 1. The van der Waals surface area contributed by atoms with Crippen LogP contribution in [0, 0.1) is 6.92 Å². The van der Waals surface area contributed by atoms with Gasteiger partial charge in [-0.1, -0.05) is 30.3 Å². The van der Waals surface area contributed by atoms with E-state index in [1.807, 2.05) is 54.6 Å². The molecule has 2 aromatic rings. The maximum Gasteiger partial charge on any atom is 0.244 e. The molecule has 1 aromatic heterocycles. The lowest BCUT2D eigenvalue weighted by molar-refractivity contribution is -0.118. The molecule has 1 aliphatic heterocycles. The van der Waals surface area contributed by atoms with Crippen molar-refractivity contribution in [1.82, 2.24) is 4.98 Å². The zero-order valence-electron chi connectivity index (χ0n) is 12.2. The lowest BCUT2D eigenvalue weighted by atomic mass is 10.1. The van der Waals surface area contributed by atoms with Crippen molar-refractivity contribution in [2.45, 2.75) is 18.6 Å². The van der Waals surface area contributed by atoms with Crippen LogP contribution in [-0.2, 0) is 11.2 Å². The van der Waals surface area contributed by atoms with Gasteiger partial charge in [-0.25, -0.2) is 0 Å². The highest BCUT2D eigenvalue weighted by molar-refractivity contribution is 7.99. The van der Waals surface area contributed by atoms with Gasteiger partial charge in [0.2, 0.25) is 5.91 Å². The van der Waals surface area contributed by atoms with Crippen LogP contribution in [0.5, 0.6) is 0 Å². The number of amides is 1. The Hall–Kier alpha value is -1.81. The molecule has 1 amide bonds. The second-order valence-corrected chi connectivity index (χ2v) is 6.19. The van der Waals surface area contributed by atoms with Gasteiger partial charge in [0.05, 0.1) is 11.4 Å². The standard InChI is InChI=1S/C17H18N2OS/c1-12-10-15-14(18-11-12)8-9-19(15)17(20)16(21-2)13-6-4-3-5-7-13/h3-7,10-11,16H,8-9H2,1-2H3. The number of aryl methyl sites for hydroxylation is 1. The van der Waals surface area contributed by atoms with E-state index < -0.39 is 0 Å². The third-order valence-electron chi connectivity index (χ3n) is 3.78. The highest BCUT2D eigenvalue weighted by Crippen LogP contribution is 2.34. The molecule has 0 saturated heterocycles. The molecule has 0 radical (unpaired) electrons. The zero-order chi connectivity index (χ0) is 14.8. The summed E-state index contributed by atoms with van der Waals surface area (Å²) in [6, 6.07) is 12.0. The SMILES string of the molecule is CSC(C(=O)N1CCc2ncc(C)cc21)c1ccccc1. The Balaban J connectivity index is 1.91. The van der Waals surface area contributed by atoms with E-state index in [9.17, 15) is 4.79 Å². The number of pyridine rings is 1. The Labute approximate surface area is 129 Å². The van der Waals surface area contributed by atoms with Crippen LogP contribution in [-0.4, -0.2) is 23.7 Å². The van der Waals surface area contributed by atoms with Crippen LogP contribution < -0.4 is 4.90 Å². The van der Waals surface area contributed by atoms with Crippen molar-refractivity contribution in [3.63, 3.8) is 0 Å². The van der Waals surface area contributed by atoms with E-state index in [1.54, 1.807) is 11.8 Å². The Kier molecular flexibility index (Phi) is 3.97. The molecule has 0 aliphatic carbocycles. The fraction of sp³-hybridized carbons (Fsp3) is 0.294. The normalized spacial score (nSPS) is 14.9. The van der Waals surface area contributed by atoms with Gasteiger partial charge in [-0.15, -0.1) is 11.8 Å². The van der Waals surface area contributed by atoms with Crippen LogP contribution in [0.4, 0.5) is 5.69 Å². The Morgan fingerprint density at radius 3 is 2.81 bits per heavy atom. The summed E-state index contributed by atoms with van der Waals surface area (Å²) < 4.78 is 0. The van der Waals surface area contributed by atoms with Crippen molar-refractivity contribution >= 4 is 23.4 Å². The van der Waals surface area contributed by atoms with Gasteiger partial charge in [0, 0.05) is 19.2 Å². The van der Waals surface area contributed by atoms with Crippen molar-refractivity contribution in [2.75, 3.05) is 17.7 Å². The fourth-order valence-corrected chi connectivity index (χ4v) is 3.48. The number of fused-ring (bicyclic) bond motifs is 1. The van der Waals surface area contributed by atoms with Gasteiger partial charge in [0.15, 0.2) is 0 Å². The van der Waals surface area contributed by atoms with E-state index in [2.05, 4.69) is 11.1 Å². The van der Waals surface area contributed by atoms with Crippen LogP contribution in [0.1, 0.15) is 22.1 Å². The summed E-state index contributed by atoms with van der Waals surface area (Å²) in [6.07, 6.45) is 4.70. The average Bonchev–Trinajstić information content (AvgIpc) is 2.92. The van der Waals surface area contributed by atoms with E-state index in [0.717, 1.165) is 35.5 Å². The number of rotatable bonds is 3. The topological polar surface area (TPSA) is 33.2 Å². The van der Waals surface area contributed by atoms with E-state index in [1.165, 1.54) is 0 Å². The smallest absolute Gasteiger partial charge is 0.244 e. The predicted molar refractivity (Wildman–Crippen MR) is 87.7 cm³/mol. The molecular weight excluding hydrogens is 280 g/mol. The van der Waals surface area contributed by atoms with E-state index in [4.69, 9.17) is 0 Å². The van der Waals surface area contributed by atoms with Gasteiger partial charge in [0.25, 0.3) is 0 Å². The Bertz CT molecular complexity index is 657. The number of aromatic nitrogens is 1. The first-order chi connectivity index (χ1) is 10.2. The van der Waals surface area contributed by atoms with Crippen LogP contribution >= 0.6 is 11.8 Å². The minimum absolute atomic E-state index is 0.153. The first-order valence-corrected chi connectivity index (χ1v) is 8.34. The van der Waals surface area contributed by atoms with Gasteiger partial charge in [-0.2, -0.15) is 0 Å². The van der Waals surface area contributed by atoms with Crippen molar-refractivity contribution in [3.05, 3.63) is 59.4 Å². The summed E-state index contributed by atoms with van der Waals surface area (Å²) in [4.78, 5) is 19.3. The molecule has 3 rings (SSSR count). The van der Waals surface area contributed by atoms with E-state index in [0.29, 0.717) is 0 Å². The van der Waals surface area contributed by atoms with Crippen molar-refractivity contribution < 1.29 is 4.79 Å². The molecule has 0 spiro atoms. The molecule has 0 bridgehead atoms. The van der Waals surface area contributed by atoms with Crippen LogP contribution in [0.25, 0.3) is 0 Å². The molecule has 1 aromatic carbocycles. The number of hydrogen-bond donors (Lipinski definition) is 0. The summed E-state index contributed by atoms with van der Waals surface area (Å²) in [5.41, 5.74) is 4.16. The Morgan fingerprint density at radius 1 is 1.33 bits per heavy atom. The minimum atomic E-state index is -0.155. The number of carbonyl (C=O) groups excluding carboxylic acids is 1. The van der Waals surface area contributed by atoms with Crippen molar-refractivity contribution in [2.24, 2.45) is 0 Å². The number of thioether (sulfide) groups is 1. The number of nitrogens with zero attached hydrogens (tertiary/aromatic N) is 2. The average molecular weight is 298 g/mol. The van der Waals surface area contributed by atoms with Gasteiger partial charge in [0.1, 0.15) is 5.25 Å². The quantitative estimate of drug-likeness (QED) is 0.871. The summed E-state index contributed by atoms with van der Waals surface area (Å²) in [6.45, 7) is 2.74. The number of benzene rings is 1. The number of hydrogen-bond acceptors (Lipinski definition) is 3. The first-order valence-electron chi connectivity index (χ1n) is 7.05. The summed E-state index contributed by atoms with van der Waals surface area (Å²) in [5, 5.41) is -0.155. The summed E-state index contributed by atoms with van der Waals surface area (Å²) >= 11 is 1.59. The predicted octanol–water partition coefficient (Wildman–Crippen LogP) is 3.38. The van der Waals surface area contributed by atoms with Gasteiger partial charge >= 0.3 is 0 Å². The summed E-state index contributed by atoms with van der Waals surface area (Å²) in [7, 11) is 0. The third-order valence-corrected chi connectivity index (χ3v) is 4.72. The zero-order valence-corrected chi connectivity index (χ0v) is 13.1. The van der Waals surface area contributed by atoms with Crippen LogP contribution in [0.3, 0.4) is 0 Å². The molecule has 0 N–H and O–H groups in total. The van der Waals surface area contributed by atoms with E-state index in [-0.39, 0.29) is 11.2 Å². The first kappa shape index (κ1) is 14.1. The molecule has 108 valence electrons. The Morgan fingerprint density at radius 2 is 2.10 bits per heavy atom. The van der Waals surface area contributed by atoms with Crippen LogP contribution in [0.2, 0.25) is 0 Å². The van der Waals surface area contributed by atoms with Gasteiger partial charge < -0.3 is 4.90 Å². The monoisotopic (exact) mass is 298 g/mol. The third kappa shape index (κ3) is 2.68. The van der Waals surface area contributed by atoms with Gasteiger partial charge in [-0.3, -0.25) is 9.78 Å². The molecule has 1 aliphatic rings. The fourth-order valence-electron chi connectivity index (χ4n) is 2.72.